The number of imidazole rings is 1. The van der Waals surface area contributed by atoms with E-state index in [1.54, 1.807) is 24.3 Å². The molecule has 0 spiro atoms. The SMILES string of the molecule is Cc1ccc(COc2ccc3c(c2)nc(-c2ccc(Cl)cc2O)n3Cc2ccc(F)cc2)cc1. The number of aromatic hydroxyl groups is 1. The van der Waals surface area contributed by atoms with Crippen LogP contribution in [0.15, 0.2) is 84.9 Å². The molecule has 34 heavy (non-hydrogen) atoms. The second kappa shape index (κ2) is 9.20. The van der Waals surface area contributed by atoms with Gasteiger partial charge in [0, 0.05) is 17.6 Å². The van der Waals surface area contributed by atoms with Crippen LogP contribution < -0.4 is 4.74 Å². The monoisotopic (exact) mass is 472 g/mol. The number of hydrogen-bond donors (Lipinski definition) is 1. The summed E-state index contributed by atoms with van der Waals surface area (Å²) in [6.45, 7) is 2.96. The van der Waals surface area contributed by atoms with Crippen molar-refractivity contribution in [2.75, 3.05) is 0 Å². The van der Waals surface area contributed by atoms with Crippen molar-refractivity contribution in [2.45, 2.75) is 20.1 Å². The van der Waals surface area contributed by atoms with E-state index >= 15 is 0 Å². The summed E-state index contributed by atoms with van der Waals surface area (Å²) in [7, 11) is 0. The topological polar surface area (TPSA) is 47.3 Å². The summed E-state index contributed by atoms with van der Waals surface area (Å²) in [6, 6.07) is 25.3. The van der Waals surface area contributed by atoms with Crippen LogP contribution in [0.25, 0.3) is 22.4 Å². The lowest BCUT2D eigenvalue weighted by Crippen LogP contribution is -2.02. The molecule has 6 heteroatoms. The molecule has 1 N–H and O–H groups in total. The van der Waals surface area contributed by atoms with Gasteiger partial charge in [0.05, 0.1) is 16.6 Å². The molecule has 0 aliphatic rings. The first-order valence-corrected chi connectivity index (χ1v) is 11.3. The van der Waals surface area contributed by atoms with E-state index in [4.69, 9.17) is 21.3 Å². The van der Waals surface area contributed by atoms with E-state index in [2.05, 4.69) is 19.1 Å². The highest BCUT2D eigenvalue weighted by atomic mass is 35.5. The van der Waals surface area contributed by atoms with Gasteiger partial charge >= 0.3 is 0 Å². The summed E-state index contributed by atoms with van der Waals surface area (Å²) >= 11 is 6.04. The number of benzene rings is 4. The molecule has 0 saturated carbocycles. The summed E-state index contributed by atoms with van der Waals surface area (Å²) in [5, 5.41) is 11.0. The molecule has 0 radical (unpaired) electrons. The van der Waals surface area contributed by atoms with Crippen LogP contribution in [-0.2, 0) is 13.2 Å². The molecule has 0 fully saturated rings. The number of halogens is 2. The maximum Gasteiger partial charge on any atom is 0.145 e. The third-order valence-corrected chi connectivity index (χ3v) is 5.94. The predicted molar refractivity (Wildman–Crippen MR) is 133 cm³/mol. The quantitative estimate of drug-likeness (QED) is 0.286. The van der Waals surface area contributed by atoms with Crippen molar-refractivity contribution in [2.24, 2.45) is 0 Å². The molecule has 170 valence electrons. The summed E-state index contributed by atoms with van der Waals surface area (Å²) in [5.74, 6) is 1.04. The van der Waals surface area contributed by atoms with Crippen molar-refractivity contribution in [1.29, 1.82) is 0 Å². The first-order chi connectivity index (χ1) is 16.5. The lowest BCUT2D eigenvalue weighted by molar-refractivity contribution is 0.306. The van der Waals surface area contributed by atoms with Crippen LogP contribution in [0.5, 0.6) is 11.5 Å². The number of rotatable bonds is 6. The minimum atomic E-state index is -0.287. The van der Waals surface area contributed by atoms with Crippen molar-refractivity contribution in [3.8, 4) is 22.9 Å². The van der Waals surface area contributed by atoms with Gasteiger partial charge in [-0.05, 0) is 60.5 Å². The Balaban J connectivity index is 1.53. The van der Waals surface area contributed by atoms with Gasteiger partial charge in [-0.1, -0.05) is 53.6 Å². The zero-order valence-corrected chi connectivity index (χ0v) is 19.3. The van der Waals surface area contributed by atoms with Gasteiger partial charge in [-0.2, -0.15) is 0 Å². The molecular weight excluding hydrogens is 451 g/mol. The van der Waals surface area contributed by atoms with Gasteiger partial charge in [0.25, 0.3) is 0 Å². The third kappa shape index (κ3) is 4.61. The van der Waals surface area contributed by atoms with Crippen LogP contribution in [0, 0.1) is 12.7 Å². The van der Waals surface area contributed by atoms with E-state index in [0.29, 0.717) is 35.3 Å². The van der Waals surface area contributed by atoms with Gasteiger partial charge in [-0.25, -0.2) is 9.37 Å². The molecule has 0 unspecified atom stereocenters. The Morgan fingerprint density at radius 1 is 0.912 bits per heavy atom. The zero-order valence-electron chi connectivity index (χ0n) is 18.5. The predicted octanol–water partition coefficient (Wildman–Crippen LogP) is 7.14. The van der Waals surface area contributed by atoms with Gasteiger partial charge in [-0.15, -0.1) is 0 Å². The standard InChI is InChI=1S/C28H22ClFN2O2/c1-18-2-4-20(5-3-18)17-34-23-11-13-26-25(15-23)31-28(24-12-8-21(29)14-27(24)33)32(26)16-19-6-9-22(30)10-7-19/h2-15,33H,16-17H2,1H3. The van der Waals surface area contributed by atoms with Crippen molar-refractivity contribution >= 4 is 22.6 Å². The second-order valence-electron chi connectivity index (χ2n) is 8.23. The highest BCUT2D eigenvalue weighted by Crippen LogP contribution is 2.34. The zero-order chi connectivity index (χ0) is 23.7. The number of hydrogen-bond acceptors (Lipinski definition) is 3. The lowest BCUT2D eigenvalue weighted by atomic mass is 10.1. The van der Waals surface area contributed by atoms with Crippen LogP contribution in [0.2, 0.25) is 5.02 Å². The van der Waals surface area contributed by atoms with E-state index in [9.17, 15) is 9.50 Å². The third-order valence-electron chi connectivity index (χ3n) is 5.70. The van der Waals surface area contributed by atoms with E-state index in [-0.39, 0.29) is 11.6 Å². The van der Waals surface area contributed by atoms with E-state index in [1.807, 2.05) is 34.9 Å². The molecule has 5 rings (SSSR count). The molecule has 4 nitrogen and oxygen atoms in total. The Hall–Kier alpha value is -3.83. The van der Waals surface area contributed by atoms with E-state index < -0.39 is 0 Å². The van der Waals surface area contributed by atoms with Gasteiger partial charge in [0.15, 0.2) is 0 Å². The number of phenols is 1. The van der Waals surface area contributed by atoms with Gasteiger partial charge in [-0.3, -0.25) is 0 Å². The summed E-state index contributed by atoms with van der Waals surface area (Å²) < 4.78 is 21.4. The van der Waals surface area contributed by atoms with Crippen LogP contribution in [0.1, 0.15) is 16.7 Å². The number of phenolic OH excluding ortho intramolecular Hbond substituents is 1. The van der Waals surface area contributed by atoms with Gasteiger partial charge < -0.3 is 14.4 Å². The Kier molecular flexibility index (Phi) is 5.95. The Labute approximate surface area is 201 Å². The molecule has 5 aromatic rings. The molecular formula is C28H22ClFN2O2. The average Bonchev–Trinajstić information content (AvgIpc) is 3.17. The van der Waals surface area contributed by atoms with Crippen LogP contribution >= 0.6 is 11.6 Å². The molecule has 0 saturated heterocycles. The number of aryl methyl sites for hydroxylation is 1. The number of ether oxygens (including phenoxy) is 1. The van der Waals surface area contributed by atoms with Crippen LogP contribution in [-0.4, -0.2) is 14.7 Å². The number of fused-ring (bicyclic) bond motifs is 1. The highest BCUT2D eigenvalue weighted by molar-refractivity contribution is 6.30. The van der Waals surface area contributed by atoms with Crippen molar-refractivity contribution < 1.29 is 14.2 Å². The number of nitrogens with zero attached hydrogens (tertiary/aromatic N) is 2. The van der Waals surface area contributed by atoms with Gasteiger partial charge in [0.1, 0.15) is 29.7 Å². The summed E-state index contributed by atoms with van der Waals surface area (Å²) in [5.41, 5.74) is 5.36. The Morgan fingerprint density at radius 2 is 1.65 bits per heavy atom. The van der Waals surface area contributed by atoms with Crippen LogP contribution in [0.4, 0.5) is 4.39 Å². The summed E-state index contributed by atoms with van der Waals surface area (Å²) in [4.78, 5) is 4.82. The van der Waals surface area contributed by atoms with Crippen molar-refractivity contribution in [3.63, 3.8) is 0 Å². The fourth-order valence-corrected chi connectivity index (χ4v) is 4.05. The molecule has 0 amide bonds. The normalized spacial score (nSPS) is 11.1. The molecule has 1 heterocycles. The molecule has 0 aliphatic carbocycles. The minimum Gasteiger partial charge on any atom is -0.507 e. The first kappa shape index (κ1) is 22.0. The first-order valence-electron chi connectivity index (χ1n) is 10.9. The van der Waals surface area contributed by atoms with Crippen molar-refractivity contribution in [1.82, 2.24) is 9.55 Å². The molecule has 4 aromatic carbocycles. The molecule has 0 aliphatic heterocycles. The lowest BCUT2D eigenvalue weighted by Gasteiger charge is -2.11. The maximum absolute atomic E-state index is 13.4. The maximum atomic E-state index is 13.4. The average molecular weight is 473 g/mol. The Bertz CT molecular complexity index is 1460. The summed E-state index contributed by atoms with van der Waals surface area (Å²) in [6.07, 6.45) is 0. The molecule has 0 bridgehead atoms. The molecule has 1 aromatic heterocycles. The minimum absolute atomic E-state index is 0.0407. The van der Waals surface area contributed by atoms with Gasteiger partial charge in [0.2, 0.25) is 0 Å². The fourth-order valence-electron chi connectivity index (χ4n) is 3.88. The number of aromatic nitrogens is 2. The second-order valence-corrected chi connectivity index (χ2v) is 8.67. The largest absolute Gasteiger partial charge is 0.507 e. The van der Waals surface area contributed by atoms with Crippen molar-refractivity contribution in [3.05, 3.63) is 112 Å². The Morgan fingerprint density at radius 3 is 2.38 bits per heavy atom. The van der Waals surface area contributed by atoms with E-state index in [1.165, 1.54) is 23.8 Å². The van der Waals surface area contributed by atoms with Crippen LogP contribution in [0.3, 0.4) is 0 Å². The smallest absolute Gasteiger partial charge is 0.145 e. The fraction of sp³-hybridized carbons (Fsp3) is 0.107. The molecule has 0 atom stereocenters. The highest BCUT2D eigenvalue weighted by Gasteiger charge is 2.17. The van der Waals surface area contributed by atoms with E-state index in [0.717, 1.165) is 22.2 Å².